The van der Waals surface area contributed by atoms with Crippen LogP contribution in [0.4, 0.5) is 4.79 Å². The van der Waals surface area contributed by atoms with Crippen LogP contribution in [-0.2, 0) is 20.7 Å². The van der Waals surface area contributed by atoms with Gasteiger partial charge in [0.05, 0.1) is 6.42 Å². The average molecular weight is 389 g/mol. The van der Waals surface area contributed by atoms with Crippen molar-refractivity contribution in [3.63, 3.8) is 0 Å². The summed E-state index contributed by atoms with van der Waals surface area (Å²) >= 11 is 0. The number of ether oxygens (including phenoxy) is 1. The third kappa shape index (κ3) is 7.98. The SMILES string of the molecule is CC(C)(C)OC(=O)NCC(=O)N1CCC(CNC(=O)Cc2ccccc2)CC1. The van der Waals surface area contributed by atoms with Gasteiger partial charge in [-0.15, -0.1) is 0 Å². The minimum absolute atomic E-state index is 0.0197. The summed E-state index contributed by atoms with van der Waals surface area (Å²) in [5.74, 6) is 0.270. The molecule has 1 aromatic carbocycles. The van der Waals surface area contributed by atoms with Gasteiger partial charge in [0.25, 0.3) is 0 Å². The standard InChI is InChI=1S/C21H31N3O4/c1-21(2,3)28-20(27)23-15-19(26)24-11-9-17(10-12-24)14-22-18(25)13-16-7-5-4-6-8-16/h4-8,17H,9-15H2,1-3H3,(H,22,25)(H,23,27). The second kappa shape index (κ2) is 10.1. The number of amides is 3. The Balaban J connectivity index is 1.63. The highest BCUT2D eigenvalue weighted by atomic mass is 16.6. The topological polar surface area (TPSA) is 87.7 Å². The monoisotopic (exact) mass is 389 g/mol. The fraction of sp³-hybridized carbons (Fsp3) is 0.571. The second-order valence-electron chi connectivity index (χ2n) is 8.15. The Bertz CT molecular complexity index is 662. The zero-order chi connectivity index (χ0) is 20.6. The Morgan fingerprint density at radius 1 is 1.07 bits per heavy atom. The van der Waals surface area contributed by atoms with Crippen LogP contribution in [0.3, 0.4) is 0 Å². The molecule has 1 saturated heterocycles. The number of carbonyl (C=O) groups excluding carboxylic acids is 3. The molecule has 3 amide bonds. The van der Waals surface area contributed by atoms with Crippen molar-refractivity contribution in [1.82, 2.24) is 15.5 Å². The molecule has 0 spiro atoms. The summed E-state index contributed by atoms with van der Waals surface area (Å²) in [4.78, 5) is 37.7. The number of piperidine rings is 1. The first-order chi connectivity index (χ1) is 13.2. The average Bonchev–Trinajstić information content (AvgIpc) is 2.64. The Kier molecular flexibility index (Phi) is 7.84. The lowest BCUT2D eigenvalue weighted by Crippen LogP contribution is -2.46. The Labute approximate surface area is 166 Å². The smallest absolute Gasteiger partial charge is 0.408 e. The molecule has 28 heavy (non-hydrogen) atoms. The van der Waals surface area contributed by atoms with Crippen LogP contribution in [0, 0.1) is 5.92 Å². The fourth-order valence-corrected chi connectivity index (χ4v) is 3.06. The van der Waals surface area contributed by atoms with Crippen LogP contribution in [-0.4, -0.2) is 54.6 Å². The summed E-state index contributed by atoms with van der Waals surface area (Å²) in [6.45, 7) is 7.16. The molecular weight excluding hydrogens is 358 g/mol. The van der Waals surface area contributed by atoms with E-state index in [2.05, 4.69) is 10.6 Å². The van der Waals surface area contributed by atoms with E-state index >= 15 is 0 Å². The van der Waals surface area contributed by atoms with Gasteiger partial charge in [0.15, 0.2) is 0 Å². The molecule has 0 saturated carbocycles. The first-order valence-corrected chi connectivity index (χ1v) is 9.78. The molecule has 1 aliphatic heterocycles. The van der Waals surface area contributed by atoms with Gasteiger partial charge in [0.1, 0.15) is 12.1 Å². The molecule has 0 bridgehead atoms. The number of likely N-dealkylation sites (tertiary alicyclic amines) is 1. The number of nitrogens with zero attached hydrogens (tertiary/aromatic N) is 1. The molecule has 1 heterocycles. The van der Waals surface area contributed by atoms with Crippen molar-refractivity contribution in [3.8, 4) is 0 Å². The zero-order valence-electron chi connectivity index (χ0n) is 17.0. The Hall–Kier alpha value is -2.57. The highest BCUT2D eigenvalue weighted by molar-refractivity contribution is 5.82. The van der Waals surface area contributed by atoms with Crippen molar-refractivity contribution in [1.29, 1.82) is 0 Å². The van der Waals surface area contributed by atoms with Crippen LogP contribution in [0.1, 0.15) is 39.2 Å². The van der Waals surface area contributed by atoms with Crippen molar-refractivity contribution < 1.29 is 19.1 Å². The molecule has 7 heteroatoms. The van der Waals surface area contributed by atoms with E-state index in [-0.39, 0.29) is 18.4 Å². The van der Waals surface area contributed by atoms with Gasteiger partial charge in [0, 0.05) is 19.6 Å². The van der Waals surface area contributed by atoms with Crippen LogP contribution in [0.5, 0.6) is 0 Å². The van der Waals surface area contributed by atoms with E-state index in [9.17, 15) is 14.4 Å². The molecule has 7 nitrogen and oxygen atoms in total. The molecule has 0 unspecified atom stereocenters. The third-order valence-corrected chi connectivity index (χ3v) is 4.55. The maximum absolute atomic E-state index is 12.2. The minimum Gasteiger partial charge on any atom is -0.444 e. The summed E-state index contributed by atoms with van der Waals surface area (Å²) in [7, 11) is 0. The van der Waals surface area contributed by atoms with E-state index in [0.717, 1.165) is 18.4 Å². The lowest BCUT2D eigenvalue weighted by atomic mass is 9.96. The highest BCUT2D eigenvalue weighted by Gasteiger charge is 2.24. The predicted octanol–water partition coefficient (Wildman–Crippen LogP) is 2.11. The molecule has 1 fully saturated rings. The molecule has 0 radical (unpaired) electrons. The third-order valence-electron chi connectivity index (χ3n) is 4.55. The molecule has 0 aliphatic carbocycles. The quantitative estimate of drug-likeness (QED) is 0.780. The second-order valence-corrected chi connectivity index (χ2v) is 8.15. The zero-order valence-corrected chi connectivity index (χ0v) is 17.0. The summed E-state index contributed by atoms with van der Waals surface area (Å²) in [5.41, 5.74) is 0.411. The van der Waals surface area contributed by atoms with Crippen LogP contribution < -0.4 is 10.6 Å². The van der Waals surface area contributed by atoms with Gasteiger partial charge in [-0.2, -0.15) is 0 Å². The summed E-state index contributed by atoms with van der Waals surface area (Å²) in [5, 5.41) is 5.49. The molecule has 1 aromatic rings. The van der Waals surface area contributed by atoms with Crippen LogP contribution >= 0.6 is 0 Å². The maximum atomic E-state index is 12.2. The number of alkyl carbamates (subject to hydrolysis) is 1. The van der Waals surface area contributed by atoms with E-state index in [0.29, 0.717) is 32.0 Å². The van der Waals surface area contributed by atoms with Crippen molar-refractivity contribution in [2.45, 2.75) is 45.6 Å². The number of hydrogen-bond acceptors (Lipinski definition) is 4. The number of hydrogen-bond donors (Lipinski definition) is 2. The molecular formula is C21H31N3O4. The van der Waals surface area contributed by atoms with Gasteiger partial charge >= 0.3 is 6.09 Å². The number of carbonyl (C=O) groups is 3. The number of rotatable bonds is 6. The number of benzene rings is 1. The molecule has 2 rings (SSSR count). The fourth-order valence-electron chi connectivity index (χ4n) is 3.06. The summed E-state index contributed by atoms with van der Waals surface area (Å²) < 4.78 is 5.13. The van der Waals surface area contributed by atoms with Crippen LogP contribution in [0.15, 0.2) is 30.3 Å². The van der Waals surface area contributed by atoms with E-state index < -0.39 is 11.7 Å². The van der Waals surface area contributed by atoms with Crippen LogP contribution in [0.25, 0.3) is 0 Å². The van der Waals surface area contributed by atoms with Crippen LogP contribution in [0.2, 0.25) is 0 Å². The Morgan fingerprint density at radius 3 is 2.32 bits per heavy atom. The van der Waals surface area contributed by atoms with Crippen molar-refractivity contribution in [2.24, 2.45) is 5.92 Å². The molecule has 1 aliphatic rings. The molecule has 0 aromatic heterocycles. The van der Waals surface area contributed by atoms with Gasteiger partial charge in [0.2, 0.25) is 11.8 Å². The lowest BCUT2D eigenvalue weighted by molar-refractivity contribution is -0.131. The van der Waals surface area contributed by atoms with Gasteiger partial charge in [-0.05, 0) is 45.1 Å². The van der Waals surface area contributed by atoms with Gasteiger partial charge < -0.3 is 20.3 Å². The minimum atomic E-state index is -0.587. The molecule has 154 valence electrons. The maximum Gasteiger partial charge on any atom is 0.408 e. The first kappa shape index (κ1) is 21.7. The van der Waals surface area contributed by atoms with Crippen molar-refractivity contribution in [2.75, 3.05) is 26.2 Å². The molecule has 0 atom stereocenters. The van der Waals surface area contributed by atoms with Gasteiger partial charge in [-0.3, -0.25) is 9.59 Å². The Morgan fingerprint density at radius 2 is 1.71 bits per heavy atom. The van der Waals surface area contributed by atoms with E-state index in [1.807, 2.05) is 30.3 Å². The predicted molar refractivity (Wildman–Crippen MR) is 107 cm³/mol. The lowest BCUT2D eigenvalue weighted by Gasteiger charge is -2.32. The first-order valence-electron chi connectivity index (χ1n) is 9.78. The van der Waals surface area contributed by atoms with E-state index in [1.165, 1.54) is 0 Å². The van der Waals surface area contributed by atoms with Crippen molar-refractivity contribution >= 4 is 17.9 Å². The largest absolute Gasteiger partial charge is 0.444 e. The van der Waals surface area contributed by atoms with Gasteiger partial charge in [-0.1, -0.05) is 30.3 Å². The highest BCUT2D eigenvalue weighted by Crippen LogP contribution is 2.16. The van der Waals surface area contributed by atoms with E-state index in [4.69, 9.17) is 4.74 Å². The summed E-state index contributed by atoms with van der Waals surface area (Å²) in [6, 6.07) is 9.66. The van der Waals surface area contributed by atoms with Gasteiger partial charge in [-0.25, -0.2) is 4.79 Å². The van der Waals surface area contributed by atoms with E-state index in [1.54, 1.807) is 25.7 Å². The van der Waals surface area contributed by atoms with Crippen molar-refractivity contribution in [3.05, 3.63) is 35.9 Å². The number of nitrogens with one attached hydrogen (secondary N) is 2. The molecule has 2 N–H and O–H groups in total. The normalized spacial score (nSPS) is 15.0. The summed E-state index contributed by atoms with van der Waals surface area (Å²) in [6.07, 6.45) is 1.47.